The normalized spacial score (nSPS) is 25.0. The smallest absolute Gasteiger partial charge is 0.128 e. The van der Waals surface area contributed by atoms with E-state index in [1.165, 1.54) is 35.1 Å². The molecule has 0 atom stereocenters. The molecule has 76 valence electrons. The van der Waals surface area contributed by atoms with Gasteiger partial charge in [0.2, 0.25) is 0 Å². The molecule has 2 nitrogen and oxygen atoms in total. The molecule has 0 spiro atoms. The van der Waals surface area contributed by atoms with Gasteiger partial charge in [-0.3, -0.25) is 0 Å². The molecule has 1 fully saturated rings. The van der Waals surface area contributed by atoms with Crippen LogP contribution in [0.5, 0.6) is 0 Å². The van der Waals surface area contributed by atoms with Gasteiger partial charge in [0.05, 0.1) is 28.2 Å². The summed E-state index contributed by atoms with van der Waals surface area (Å²) in [4.78, 5) is 0. The molecule has 0 N–H and O–H groups in total. The van der Waals surface area contributed by atoms with Crippen molar-refractivity contribution in [2.45, 2.75) is 0 Å². The summed E-state index contributed by atoms with van der Waals surface area (Å²) in [6.45, 7) is 5.31. The molecule has 0 aromatic carbocycles. The Morgan fingerprint density at radius 2 is 0.750 bits per heavy atom. The number of quaternary nitrogens is 2. The quantitative estimate of drug-likeness (QED) is 0.391. The highest BCUT2D eigenvalue weighted by atomic mass is 79.9. The highest BCUT2D eigenvalue weighted by Crippen LogP contribution is 2.09. The molecular formula is C8H20Br2N2. The lowest BCUT2D eigenvalue weighted by atomic mass is 10.2. The molecule has 1 rings (SSSR count). The van der Waals surface area contributed by atoms with E-state index in [0.717, 1.165) is 0 Å². The average molecular weight is 304 g/mol. The summed E-state index contributed by atoms with van der Waals surface area (Å²) in [6, 6.07) is 0. The van der Waals surface area contributed by atoms with Crippen LogP contribution in [0, 0.1) is 0 Å². The van der Waals surface area contributed by atoms with Gasteiger partial charge in [0, 0.05) is 0 Å². The standard InChI is InChI=1S/C8H20N2.2BrH/c1-9(2)5-7-10(3,4)8-6-9;;/h5-8H2,1-4H3;2*1H/q+2;;/p-2. The molecule has 0 amide bonds. The molecule has 1 saturated heterocycles. The van der Waals surface area contributed by atoms with Gasteiger partial charge in [-0.05, 0) is 0 Å². The van der Waals surface area contributed by atoms with Gasteiger partial charge >= 0.3 is 0 Å². The number of halogens is 2. The van der Waals surface area contributed by atoms with E-state index in [1.54, 1.807) is 0 Å². The predicted octanol–water partition coefficient (Wildman–Crippen LogP) is -5.84. The first-order valence-electron chi connectivity index (χ1n) is 4.05. The number of hydrogen-bond donors (Lipinski definition) is 0. The number of hydrogen-bond acceptors (Lipinski definition) is 0. The van der Waals surface area contributed by atoms with Crippen molar-refractivity contribution in [2.75, 3.05) is 54.4 Å². The summed E-state index contributed by atoms with van der Waals surface area (Å²) in [5.74, 6) is 0. The molecule has 0 unspecified atom stereocenters. The Bertz CT molecular complexity index is 107. The fourth-order valence-electron chi connectivity index (χ4n) is 1.31. The van der Waals surface area contributed by atoms with Crippen LogP contribution < -0.4 is 34.0 Å². The van der Waals surface area contributed by atoms with E-state index in [9.17, 15) is 0 Å². The van der Waals surface area contributed by atoms with Crippen molar-refractivity contribution in [1.29, 1.82) is 0 Å². The monoisotopic (exact) mass is 302 g/mol. The lowest BCUT2D eigenvalue weighted by Crippen LogP contribution is -3.00. The summed E-state index contributed by atoms with van der Waals surface area (Å²) in [5.41, 5.74) is 0. The second-order valence-electron chi connectivity index (χ2n) is 4.77. The summed E-state index contributed by atoms with van der Waals surface area (Å²) >= 11 is 0. The molecule has 0 aliphatic carbocycles. The second-order valence-corrected chi connectivity index (χ2v) is 4.77. The van der Waals surface area contributed by atoms with Crippen molar-refractivity contribution in [2.24, 2.45) is 0 Å². The lowest BCUT2D eigenvalue weighted by molar-refractivity contribution is -0.998. The fourth-order valence-corrected chi connectivity index (χ4v) is 1.31. The third kappa shape index (κ3) is 4.80. The summed E-state index contributed by atoms with van der Waals surface area (Å²) in [7, 11) is 9.27. The minimum Gasteiger partial charge on any atom is -1.00 e. The van der Waals surface area contributed by atoms with Crippen LogP contribution in [-0.2, 0) is 0 Å². The van der Waals surface area contributed by atoms with E-state index >= 15 is 0 Å². The summed E-state index contributed by atoms with van der Waals surface area (Å²) in [5, 5.41) is 0. The van der Waals surface area contributed by atoms with Crippen molar-refractivity contribution in [3.8, 4) is 0 Å². The molecule has 4 heteroatoms. The van der Waals surface area contributed by atoms with Gasteiger partial charge in [0.25, 0.3) is 0 Å². The number of nitrogens with zero attached hydrogens (tertiary/aromatic N) is 2. The zero-order chi connectivity index (χ0) is 7.83. The van der Waals surface area contributed by atoms with Crippen LogP contribution in [0.15, 0.2) is 0 Å². The maximum atomic E-state index is 2.32. The molecule has 0 radical (unpaired) electrons. The fraction of sp³-hybridized carbons (Fsp3) is 1.00. The van der Waals surface area contributed by atoms with E-state index in [0.29, 0.717) is 0 Å². The van der Waals surface area contributed by atoms with Crippen LogP contribution >= 0.6 is 0 Å². The Kier molecular flexibility index (Phi) is 6.32. The van der Waals surface area contributed by atoms with E-state index in [1.807, 2.05) is 0 Å². The van der Waals surface area contributed by atoms with Gasteiger partial charge in [-0.1, -0.05) is 0 Å². The van der Waals surface area contributed by atoms with Crippen LogP contribution in [-0.4, -0.2) is 63.3 Å². The molecule has 12 heavy (non-hydrogen) atoms. The molecule has 0 bridgehead atoms. The number of likely N-dealkylation sites (N-methyl/N-ethyl adjacent to an activating group) is 2. The Labute approximate surface area is 97.3 Å². The minimum atomic E-state index is 0. The highest BCUT2D eigenvalue weighted by Gasteiger charge is 2.30. The van der Waals surface area contributed by atoms with Crippen molar-refractivity contribution < 1.29 is 42.9 Å². The van der Waals surface area contributed by atoms with Crippen LogP contribution in [0.4, 0.5) is 0 Å². The first-order chi connectivity index (χ1) is 4.41. The van der Waals surface area contributed by atoms with Gasteiger partial charge in [0.1, 0.15) is 26.2 Å². The van der Waals surface area contributed by atoms with Crippen molar-refractivity contribution in [1.82, 2.24) is 0 Å². The molecule has 1 aliphatic rings. The summed E-state index contributed by atoms with van der Waals surface area (Å²) in [6.07, 6.45) is 0. The van der Waals surface area contributed by atoms with Gasteiger partial charge in [0.15, 0.2) is 0 Å². The SMILES string of the molecule is C[N+]1(C)CC[N+](C)(C)CC1.[Br-].[Br-]. The zero-order valence-corrected chi connectivity index (χ0v) is 11.7. The number of piperazine rings is 1. The Balaban J connectivity index is 0. The molecular weight excluding hydrogens is 284 g/mol. The minimum absolute atomic E-state index is 0. The first-order valence-corrected chi connectivity index (χ1v) is 4.05. The van der Waals surface area contributed by atoms with Gasteiger partial charge in [-0.2, -0.15) is 0 Å². The second kappa shape index (κ2) is 4.94. The topological polar surface area (TPSA) is 0 Å². The third-order valence-corrected chi connectivity index (χ3v) is 2.62. The van der Waals surface area contributed by atoms with Gasteiger partial charge < -0.3 is 42.9 Å². The lowest BCUT2D eigenvalue weighted by Gasteiger charge is -2.42. The van der Waals surface area contributed by atoms with Gasteiger partial charge in [-0.15, -0.1) is 0 Å². The molecule has 0 saturated carbocycles. The van der Waals surface area contributed by atoms with Crippen LogP contribution in [0.1, 0.15) is 0 Å². The predicted molar refractivity (Wildman–Crippen MR) is 43.7 cm³/mol. The zero-order valence-electron chi connectivity index (χ0n) is 8.48. The van der Waals surface area contributed by atoms with E-state index in [4.69, 9.17) is 0 Å². The molecule has 1 heterocycles. The van der Waals surface area contributed by atoms with Crippen molar-refractivity contribution in [3.05, 3.63) is 0 Å². The van der Waals surface area contributed by atoms with Crippen LogP contribution in [0.25, 0.3) is 0 Å². The van der Waals surface area contributed by atoms with E-state index < -0.39 is 0 Å². The first kappa shape index (κ1) is 15.4. The Hall–Kier alpha value is 0.880. The summed E-state index contributed by atoms with van der Waals surface area (Å²) < 4.78 is 2.42. The Morgan fingerprint density at radius 1 is 0.583 bits per heavy atom. The Morgan fingerprint density at radius 3 is 0.917 bits per heavy atom. The van der Waals surface area contributed by atoms with Crippen LogP contribution in [0.3, 0.4) is 0 Å². The largest absolute Gasteiger partial charge is 1.00 e. The van der Waals surface area contributed by atoms with Crippen molar-refractivity contribution in [3.63, 3.8) is 0 Å². The maximum absolute atomic E-state index is 2.32. The molecule has 0 aromatic rings. The maximum Gasteiger partial charge on any atom is 0.128 e. The highest BCUT2D eigenvalue weighted by molar-refractivity contribution is 4.43. The molecule has 0 aromatic heterocycles. The molecule has 1 aliphatic heterocycles. The number of rotatable bonds is 0. The average Bonchev–Trinajstić information content (AvgIpc) is 1.79. The van der Waals surface area contributed by atoms with Gasteiger partial charge in [-0.25, -0.2) is 0 Å². The third-order valence-electron chi connectivity index (χ3n) is 2.62. The van der Waals surface area contributed by atoms with Crippen LogP contribution in [0.2, 0.25) is 0 Å². The van der Waals surface area contributed by atoms with Crippen molar-refractivity contribution >= 4 is 0 Å². The van der Waals surface area contributed by atoms with E-state index in [-0.39, 0.29) is 34.0 Å². The van der Waals surface area contributed by atoms with E-state index in [2.05, 4.69) is 28.2 Å².